The second-order valence-corrected chi connectivity index (χ2v) is 5.05. The van der Waals surface area contributed by atoms with Crippen molar-refractivity contribution in [1.29, 1.82) is 0 Å². The molecular weight excluding hydrogens is 200 g/mol. The highest BCUT2D eigenvalue weighted by Gasteiger charge is 2.42. The van der Waals surface area contributed by atoms with Gasteiger partial charge < -0.3 is 10.6 Å². The van der Waals surface area contributed by atoms with E-state index in [4.69, 9.17) is 5.73 Å². The first-order valence-electron chi connectivity index (χ1n) is 5.54. The van der Waals surface area contributed by atoms with E-state index in [-0.39, 0.29) is 11.9 Å². The zero-order valence-electron chi connectivity index (χ0n) is 10.2. The first-order valence-corrected chi connectivity index (χ1v) is 5.54. The lowest BCUT2D eigenvalue weighted by atomic mass is 9.85. The molecule has 1 atom stereocenters. The van der Waals surface area contributed by atoms with Crippen LogP contribution in [0, 0.1) is 0 Å². The second kappa shape index (κ2) is 3.32. The normalized spacial score (nSPS) is 19.8. The lowest BCUT2D eigenvalue weighted by Gasteiger charge is -2.17. The van der Waals surface area contributed by atoms with Crippen LogP contribution in [0.5, 0.6) is 0 Å². The van der Waals surface area contributed by atoms with Gasteiger partial charge in [0.05, 0.1) is 5.41 Å². The third kappa shape index (κ3) is 1.35. The van der Waals surface area contributed by atoms with Crippen LogP contribution in [0.3, 0.4) is 0 Å². The number of fused-ring (bicyclic) bond motifs is 1. The average molecular weight is 218 g/mol. The number of anilines is 1. The Bertz CT molecular complexity index is 449. The summed E-state index contributed by atoms with van der Waals surface area (Å²) >= 11 is 0. The molecule has 0 spiro atoms. The molecule has 1 heterocycles. The molecule has 0 aromatic heterocycles. The summed E-state index contributed by atoms with van der Waals surface area (Å²) in [6.07, 6.45) is 0. The molecular formula is C13H18N2O. The third-order valence-electron chi connectivity index (χ3n) is 3.42. The fourth-order valence-electron chi connectivity index (χ4n) is 2.27. The van der Waals surface area contributed by atoms with Crippen molar-refractivity contribution in [2.24, 2.45) is 5.73 Å². The first-order chi connectivity index (χ1) is 7.35. The van der Waals surface area contributed by atoms with Crippen molar-refractivity contribution in [1.82, 2.24) is 0 Å². The molecule has 2 rings (SSSR count). The minimum absolute atomic E-state index is 0.00195. The molecule has 1 aromatic rings. The molecule has 0 aliphatic carbocycles. The number of carbonyl (C=O) groups excluding carboxylic acids is 1. The summed E-state index contributed by atoms with van der Waals surface area (Å²) in [5, 5.41) is 0. The minimum Gasteiger partial charge on any atom is -0.324 e. The van der Waals surface area contributed by atoms with Crippen LogP contribution in [0.4, 0.5) is 5.69 Å². The van der Waals surface area contributed by atoms with Crippen LogP contribution in [0.15, 0.2) is 18.2 Å². The standard InChI is InChI=1S/C13H18N2O/c1-8(14)9-5-6-11-10(7-9)13(2,3)12(16)15(11)4/h5-8H,14H2,1-4H3. The van der Waals surface area contributed by atoms with E-state index in [1.807, 2.05) is 40.0 Å². The highest BCUT2D eigenvalue weighted by molar-refractivity contribution is 6.07. The number of nitrogens with zero attached hydrogens (tertiary/aromatic N) is 1. The zero-order valence-corrected chi connectivity index (χ0v) is 10.2. The lowest BCUT2D eigenvalue weighted by molar-refractivity contribution is -0.121. The van der Waals surface area contributed by atoms with Crippen molar-refractivity contribution >= 4 is 11.6 Å². The summed E-state index contributed by atoms with van der Waals surface area (Å²) in [4.78, 5) is 13.8. The fourth-order valence-corrected chi connectivity index (χ4v) is 2.27. The lowest BCUT2D eigenvalue weighted by Crippen LogP contribution is -2.33. The van der Waals surface area contributed by atoms with Crippen LogP contribution in [0.25, 0.3) is 0 Å². The second-order valence-electron chi connectivity index (χ2n) is 5.05. The van der Waals surface area contributed by atoms with E-state index in [9.17, 15) is 4.79 Å². The molecule has 1 amide bonds. The number of rotatable bonds is 1. The van der Waals surface area contributed by atoms with E-state index in [2.05, 4.69) is 6.07 Å². The Morgan fingerprint density at radius 2 is 2.00 bits per heavy atom. The van der Waals surface area contributed by atoms with Crippen LogP contribution >= 0.6 is 0 Å². The Morgan fingerprint density at radius 1 is 1.38 bits per heavy atom. The van der Waals surface area contributed by atoms with Gasteiger partial charge >= 0.3 is 0 Å². The van der Waals surface area contributed by atoms with Gasteiger partial charge in [0, 0.05) is 18.8 Å². The molecule has 0 saturated carbocycles. The van der Waals surface area contributed by atoms with E-state index < -0.39 is 5.41 Å². The van der Waals surface area contributed by atoms with Crippen molar-refractivity contribution in [3.05, 3.63) is 29.3 Å². The van der Waals surface area contributed by atoms with Crippen LogP contribution in [-0.2, 0) is 10.2 Å². The molecule has 1 aliphatic rings. The van der Waals surface area contributed by atoms with E-state index >= 15 is 0 Å². The Kier molecular flexibility index (Phi) is 2.31. The molecule has 16 heavy (non-hydrogen) atoms. The Hall–Kier alpha value is -1.35. The molecule has 86 valence electrons. The van der Waals surface area contributed by atoms with E-state index in [1.54, 1.807) is 4.90 Å². The highest BCUT2D eigenvalue weighted by Crippen LogP contribution is 2.41. The molecule has 0 saturated heterocycles. The number of benzene rings is 1. The van der Waals surface area contributed by atoms with Gasteiger partial charge in [0.15, 0.2) is 0 Å². The summed E-state index contributed by atoms with van der Waals surface area (Å²) in [6.45, 7) is 5.88. The van der Waals surface area contributed by atoms with E-state index in [1.165, 1.54) is 0 Å². The summed E-state index contributed by atoms with van der Waals surface area (Å²) in [5.74, 6) is 0.143. The van der Waals surface area contributed by atoms with Crippen molar-refractivity contribution in [2.45, 2.75) is 32.2 Å². The third-order valence-corrected chi connectivity index (χ3v) is 3.42. The van der Waals surface area contributed by atoms with Gasteiger partial charge in [-0.15, -0.1) is 0 Å². The SMILES string of the molecule is CC(N)c1ccc2c(c1)C(C)(C)C(=O)N2C. The van der Waals surface area contributed by atoms with Crippen LogP contribution < -0.4 is 10.6 Å². The maximum Gasteiger partial charge on any atom is 0.236 e. The summed E-state index contributed by atoms with van der Waals surface area (Å²) in [7, 11) is 1.82. The molecule has 0 radical (unpaired) electrons. The summed E-state index contributed by atoms with van der Waals surface area (Å²) in [6, 6.07) is 6.04. The molecule has 3 heteroatoms. The number of nitrogens with two attached hydrogens (primary N) is 1. The monoisotopic (exact) mass is 218 g/mol. The topological polar surface area (TPSA) is 46.3 Å². The zero-order chi connectivity index (χ0) is 12.1. The van der Waals surface area contributed by atoms with Gasteiger partial charge in [0.1, 0.15) is 0 Å². The Morgan fingerprint density at radius 3 is 2.56 bits per heavy atom. The molecule has 1 unspecified atom stereocenters. The predicted octanol–water partition coefficient (Wildman–Crippen LogP) is 1.96. The summed E-state index contributed by atoms with van der Waals surface area (Å²) in [5.41, 5.74) is 8.59. The molecule has 1 aliphatic heterocycles. The Labute approximate surface area is 96.2 Å². The maximum absolute atomic E-state index is 12.1. The molecule has 0 bridgehead atoms. The number of carbonyl (C=O) groups is 1. The number of hydrogen-bond acceptors (Lipinski definition) is 2. The quantitative estimate of drug-likeness (QED) is 0.783. The molecule has 2 N–H and O–H groups in total. The average Bonchev–Trinajstić information content (AvgIpc) is 2.40. The van der Waals surface area contributed by atoms with Gasteiger partial charge in [-0.3, -0.25) is 4.79 Å². The van der Waals surface area contributed by atoms with Crippen LogP contribution in [-0.4, -0.2) is 13.0 Å². The maximum atomic E-state index is 12.1. The molecule has 3 nitrogen and oxygen atoms in total. The predicted molar refractivity (Wildman–Crippen MR) is 65.5 cm³/mol. The van der Waals surface area contributed by atoms with Gasteiger partial charge in [-0.1, -0.05) is 12.1 Å². The largest absolute Gasteiger partial charge is 0.324 e. The number of hydrogen-bond donors (Lipinski definition) is 1. The Balaban J connectivity index is 2.61. The van der Waals surface area contributed by atoms with Gasteiger partial charge in [0.25, 0.3) is 0 Å². The van der Waals surface area contributed by atoms with Gasteiger partial charge in [-0.05, 0) is 38.0 Å². The van der Waals surface area contributed by atoms with Crippen molar-refractivity contribution < 1.29 is 4.79 Å². The van der Waals surface area contributed by atoms with Crippen molar-refractivity contribution in [3.8, 4) is 0 Å². The summed E-state index contributed by atoms with van der Waals surface area (Å²) < 4.78 is 0. The van der Waals surface area contributed by atoms with Crippen molar-refractivity contribution in [3.63, 3.8) is 0 Å². The molecule has 1 aromatic carbocycles. The van der Waals surface area contributed by atoms with Gasteiger partial charge in [0.2, 0.25) is 5.91 Å². The highest BCUT2D eigenvalue weighted by atomic mass is 16.2. The van der Waals surface area contributed by atoms with Gasteiger partial charge in [-0.2, -0.15) is 0 Å². The number of amides is 1. The first kappa shape index (κ1) is 11.1. The minimum atomic E-state index is -0.436. The molecule has 0 fully saturated rings. The van der Waals surface area contributed by atoms with E-state index in [0.717, 1.165) is 16.8 Å². The fraction of sp³-hybridized carbons (Fsp3) is 0.462. The van der Waals surface area contributed by atoms with E-state index in [0.29, 0.717) is 0 Å². The number of likely N-dealkylation sites (N-methyl/N-ethyl adjacent to an activating group) is 1. The smallest absolute Gasteiger partial charge is 0.236 e. The van der Waals surface area contributed by atoms with Crippen LogP contribution in [0.2, 0.25) is 0 Å². The van der Waals surface area contributed by atoms with Crippen molar-refractivity contribution in [2.75, 3.05) is 11.9 Å². The van der Waals surface area contributed by atoms with Gasteiger partial charge in [-0.25, -0.2) is 0 Å². The van der Waals surface area contributed by atoms with Crippen LogP contribution in [0.1, 0.15) is 37.9 Å².